The first-order valence-corrected chi connectivity index (χ1v) is 11.7. The number of fused-ring (bicyclic) bond motifs is 1. The summed E-state index contributed by atoms with van der Waals surface area (Å²) < 4.78 is 107. The third-order valence-electron chi connectivity index (χ3n) is 5.19. The first-order valence-electron chi connectivity index (χ1n) is 10.1. The van der Waals surface area contributed by atoms with Crippen molar-refractivity contribution in [2.75, 3.05) is 5.01 Å². The standard InChI is InChI=1S/C21H15F6N5O4S/c22-20(23,24)18-14(4-2-7-30-18)19(33)32(13-6-8-29-17(9-13)37(28,34)35)31-10-12-3-1-5-16(15(12)11-31)36-21(25,26)27/h1-9H,10-11H2,(H2,28,34,35). The van der Waals surface area contributed by atoms with Crippen LogP contribution in [0.15, 0.2) is 59.9 Å². The van der Waals surface area contributed by atoms with E-state index in [-0.39, 0.29) is 17.8 Å². The van der Waals surface area contributed by atoms with Crippen molar-refractivity contribution in [1.82, 2.24) is 15.0 Å². The van der Waals surface area contributed by atoms with E-state index in [2.05, 4.69) is 14.7 Å². The van der Waals surface area contributed by atoms with Gasteiger partial charge in [0.1, 0.15) is 5.75 Å². The van der Waals surface area contributed by atoms with Crippen molar-refractivity contribution in [2.45, 2.75) is 30.7 Å². The van der Waals surface area contributed by atoms with Crippen LogP contribution in [-0.2, 0) is 29.3 Å². The number of nitrogens with two attached hydrogens (primary N) is 1. The summed E-state index contributed by atoms with van der Waals surface area (Å²) in [4.78, 5) is 20.4. The number of anilines is 1. The number of benzene rings is 1. The SMILES string of the molecule is NS(=O)(=O)c1cc(N(C(=O)c2cccnc2C(F)(F)F)N2Cc3cccc(OC(F)(F)F)c3C2)ccn1. The first-order chi connectivity index (χ1) is 17.1. The van der Waals surface area contributed by atoms with Crippen molar-refractivity contribution in [2.24, 2.45) is 5.14 Å². The van der Waals surface area contributed by atoms with Gasteiger partial charge < -0.3 is 4.74 Å². The number of carbonyl (C=O) groups excluding carboxylic acids is 1. The molecule has 0 saturated carbocycles. The molecule has 9 nitrogen and oxygen atoms in total. The Morgan fingerprint density at radius 1 is 1.00 bits per heavy atom. The monoisotopic (exact) mass is 547 g/mol. The second kappa shape index (κ2) is 9.28. The van der Waals surface area contributed by atoms with Crippen LogP contribution in [-0.4, -0.2) is 35.7 Å². The Balaban J connectivity index is 1.83. The molecule has 0 aliphatic carbocycles. The highest BCUT2D eigenvalue weighted by Gasteiger charge is 2.41. The van der Waals surface area contributed by atoms with Gasteiger partial charge in [-0.25, -0.2) is 28.6 Å². The summed E-state index contributed by atoms with van der Waals surface area (Å²) in [6.45, 7) is -0.632. The van der Waals surface area contributed by atoms with Crippen LogP contribution in [0.4, 0.5) is 32.0 Å². The lowest BCUT2D eigenvalue weighted by Crippen LogP contribution is -2.44. The molecule has 0 saturated heterocycles. The van der Waals surface area contributed by atoms with Gasteiger partial charge in [0, 0.05) is 37.1 Å². The number of amides is 1. The predicted octanol–water partition coefficient (Wildman–Crippen LogP) is 3.62. The minimum Gasteiger partial charge on any atom is -0.405 e. The van der Waals surface area contributed by atoms with Crippen LogP contribution < -0.4 is 14.9 Å². The summed E-state index contributed by atoms with van der Waals surface area (Å²) in [6, 6.07) is 7.74. The third kappa shape index (κ3) is 5.65. The number of hydrogen-bond acceptors (Lipinski definition) is 7. The first kappa shape index (κ1) is 26.3. The number of alkyl halides is 6. The van der Waals surface area contributed by atoms with Crippen molar-refractivity contribution in [3.05, 3.63) is 77.2 Å². The van der Waals surface area contributed by atoms with Gasteiger partial charge in [0.25, 0.3) is 15.9 Å². The fraction of sp³-hybridized carbons (Fsp3) is 0.190. The van der Waals surface area contributed by atoms with Gasteiger partial charge in [0.2, 0.25) is 0 Å². The van der Waals surface area contributed by atoms with Gasteiger partial charge in [-0.2, -0.15) is 13.2 Å². The van der Waals surface area contributed by atoms with Gasteiger partial charge in [-0.15, -0.1) is 13.2 Å². The number of carbonyl (C=O) groups is 1. The smallest absolute Gasteiger partial charge is 0.405 e. The maximum Gasteiger partial charge on any atom is 0.573 e. The molecule has 37 heavy (non-hydrogen) atoms. The summed E-state index contributed by atoms with van der Waals surface area (Å²) in [5, 5.41) is 6.25. The van der Waals surface area contributed by atoms with E-state index in [1.807, 2.05) is 0 Å². The number of aromatic nitrogens is 2. The quantitative estimate of drug-likeness (QED) is 0.485. The van der Waals surface area contributed by atoms with E-state index >= 15 is 0 Å². The second-order valence-electron chi connectivity index (χ2n) is 7.68. The largest absolute Gasteiger partial charge is 0.573 e. The highest BCUT2D eigenvalue weighted by atomic mass is 32.2. The number of pyridine rings is 2. The van der Waals surface area contributed by atoms with Gasteiger partial charge in [0.15, 0.2) is 10.7 Å². The van der Waals surface area contributed by atoms with Crippen LogP contribution in [0.1, 0.15) is 27.2 Å². The molecule has 0 fully saturated rings. The highest BCUT2D eigenvalue weighted by Crippen LogP contribution is 2.37. The zero-order valence-corrected chi connectivity index (χ0v) is 19.1. The molecular formula is C21H15F6N5O4S. The molecule has 0 unspecified atom stereocenters. The number of halogens is 6. The summed E-state index contributed by atoms with van der Waals surface area (Å²) in [5.74, 6) is -1.84. The van der Waals surface area contributed by atoms with E-state index in [0.29, 0.717) is 10.6 Å². The van der Waals surface area contributed by atoms with E-state index in [0.717, 1.165) is 47.7 Å². The van der Waals surface area contributed by atoms with Gasteiger partial charge in [-0.3, -0.25) is 9.78 Å². The molecule has 2 aromatic heterocycles. The lowest BCUT2D eigenvalue weighted by Gasteiger charge is -2.32. The molecular weight excluding hydrogens is 532 g/mol. The fourth-order valence-electron chi connectivity index (χ4n) is 3.75. The van der Waals surface area contributed by atoms with E-state index in [9.17, 15) is 39.6 Å². The molecule has 3 aromatic rings. The van der Waals surface area contributed by atoms with Crippen LogP contribution in [0.2, 0.25) is 0 Å². The van der Waals surface area contributed by atoms with Crippen LogP contribution in [0, 0.1) is 0 Å². The Bertz CT molecular complexity index is 1460. The average Bonchev–Trinajstić information content (AvgIpc) is 3.22. The number of hydrazine groups is 1. The molecule has 4 rings (SSSR count). The Kier molecular flexibility index (Phi) is 6.60. The van der Waals surface area contributed by atoms with Crippen LogP contribution in [0.3, 0.4) is 0 Å². The summed E-state index contributed by atoms with van der Waals surface area (Å²) in [5.41, 5.74) is -2.33. The second-order valence-corrected chi connectivity index (χ2v) is 9.18. The van der Waals surface area contributed by atoms with Crippen LogP contribution >= 0.6 is 0 Å². The molecule has 1 aromatic carbocycles. The Hall–Kier alpha value is -3.76. The Labute approximate surface area is 205 Å². The molecule has 0 spiro atoms. The van der Waals surface area contributed by atoms with Gasteiger partial charge in [0.05, 0.1) is 11.3 Å². The molecule has 1 aliphatic rings. The molecule has 16 heteroatoms. The lowest BCUT2D eigenvalue weighted by atomic mass is 10.1. The molecule has 0 bridgehead atoms. The maximum absolute atomic E-state index is 13.6. The Morgan fingerprint density at radius 2 is 1.73 bits per heavy atom. The van der Waals surface area contributed by atoms with Crippen molar-refractivity contribution in [1.29, 1.82) is 0 Å². The minimum atomic E-state index is -5.02. The number of ether oxygens (including phenoxy) is 1. The normalized spacial score (nSPS) is 14.4. The van der Waals surface area contributed by atoms with Crippen molar-refractivity contribution >= 4 is 21.6 Å². The highest BCUT2D eigenvalue weighted by molar-refractivity contribution is 7.89. The van der Waals surface area contributed by atoms with E-state index in [4.69, 9.17) is 5.14 Å². The maximum atomic E-state index is 13.6. The minimum absolute atomic E-state index is 0.0283. The molecule has 0 radical (unpaired) electrons. The number of rotatable bonds is 5. The summed E-state index contributed by atoms with van der Waals surface area (Å²) in [6.07, 6.45) is -8.25. The fourth-order valence-corrected chi connectivity index (χ4v) is 4.24. The number of nitrogens with zero attached hydrogens (tertiary/aromatic N) is 4. The van der Waals surface area contributed by atoms with Crippen LogP contribution in [0.5, 0.6) is 5.75 Å². The summed E-state index contributed by atoms with van der Waals surface area (Å²) >= 11 is 0. The molecule has 0 atom stereocenters. The van der Waals surface area contributed by atoms with Crippen molar-refractivity contribution in [3.8, 4) is 5.75 Å². The number of sulfonamides is 1. The number of hydrogen-bond donors (Lipinski definition) is 1. The van der Waals surface area contributed by atoms with E-state index in [1.165, 1.54) is 12.1 Å². The Morgan fingerprint density at radius 3 is 2.38 bits per heavy atom. The van der Waals surface area contributed by atoms with Gasteiger partial charge in [-0.1, -0.05) is 12.1 Å². The zero-order chi connectivity index (χ0) is 27.2. The van der Waals surface area contributed by atoms with Crippen LogP contribution in [0.25, 0.3) is 0 Å². The summed E-state index contributed by atoms with van der Waals surface area (Å²) in [7, 11) is -4.39. The molecule has 1 aliphatic heterocycles. The number of primary sulfonamides is 1. The van der Waals surface area contributed by atoms with Crippen molar-refractivity contribution < 1.29 is 44.3 Å². The van der Waals surface area contributed by atoms with Gasteiger partial charge in [-0.05, 0) is 29.8 Å². The topological polar surface area (TPSA) is 119 Å². The molecule has 3 heterocycles. The zero-order valence-electron chi connectivity index (χ0n) is 18.3. The average molecular weight is 547 g/mol. The predicted molar refractivity (Wildman–Crippen MR) is 114 cm³/mol. The third-order valence-corrected chi connectivity index (χ3v) is 5.99. The molecule has 2 N–H and O–H groups in total. The molecule has 196 valence electrons. The van der Waals surface area contributed by atoms with E-state index in [1.54, 1.807) is 0 Å². The molecule has 1 amide bonds. The van der Waals surface area contributed by atoms with Crippen molar-refractivity contribution in [3.63, 3.8) is 0 Å². The van der Waals surface area contributed by atoms with E-state index < -0.39 is 57.0 Å². The van der Waals surface area contributed by atoms with Gasteiger partial charge >= 0.3 is 12.5 Å². The lowest BCUT2D eigenvalue weighted by molar-refractivity contribution is -0.274.